The lowest BCUT2D eigenvalue weighted by Crippen LogP contribution is -2.56. The molecular formula is C9H10FN3O4S. The van der Waals surface area contributed by atoms with Crippen molar-refractivity contribution in [3.8, 4) is 0 Å². The summed E-state index contributed by atoms with van der Waals surface area (Å²) < 4.78 is 39.4. The maximum atomic E-state index is 13.3. The molecule has 2 N–H and O–H groups in total. The molecule has 1 saturated heterocycles. The molecule has 0 aliphatic carbocycles. The molecule has 0 unspecified atom stereocenters. The molecule has 0 spiro atoms. The van der Waals surface area contributed by atoms with E-state index in [0.717, 1.165) is 18.2 Å². The van der Waals surface area contributed by atoms with Crippen LogP contribution >= 0.6 is 0 Å². The van der Waals surface area contributed by atoms with E-state index in [4.69, 9.17) is 0 Å². The molecule has 98 valence electrons. The van der Waals surface area contributed by atoms with Gasteiger partial charge in [0.25, 0.3) is 0 Å². The standard InChI is InChI=1S/C9H10FN3O4S/c10-7-2-1-3-8(9(7)13(14)15)18(16,17)12-6-4-11-5-6/h1-3,6,11-12H,4-5H2. The van der Waals surface area contributed by atoms with Crippen molar-refractivity contribution in [3.05, 3.63) is 34.1 Å². The summed E-state index contributed by atoms with van der Waals surface area (Å²) >= 11 is 0. The molecule has 1 aromatic carbocycles. The summed E-state index contributed by atoms with van der Waals surface area (Å²) in [5.41, 5.74) is -1.03. The first kappa shape index (κ1) is 12.9. The maximum Gasteiger partial charge on any atom is 0.324 e. The van der Waals surface area contributed by atoms with Crippen LogP contribution in [-0.2, 0) is 10.0 Å². The number of rotatable bonds is 4. The van der Waals surface area contributed by atoms with Crippen LogP contribution in [0.2, 0.25) is 0 Å². The molecule has 0 saturated carbocycles. The molecule has 18 heavy (non-hydrogen) atoms. The van der Waals surface area contributed by atoms with Crippen LogP contribution < -0.4 is 10.0 Å². The van der Waals surface area contributed by atoms with Gasteiger partial charge >= 0.3 is 5.69 Å². The fraction of sp³-hybridized carbons (Fsp3) is 0.333. The topological polar surface area (TPSA) is 101 Å². The first-order chi connectivity index (χ1) is 8.42. The molecule has 0 radical (unpaired) electrons. The number of nitrogens with one attached hydrogen (secondary N) is 2. The Morgan fingerprint density at radius 3 is 2.61 bits per heavy atom. The molecule has 7 nitrogen and oxygen atoms in total. The van der Waals surface area contributed by atoms with E-state index in [9.17, 15) is 22.9 Å². The second kappa shape index (κ2) is 4.59. The van der Waals surface area contributed by atoms with Crippen LogP contribution in [0, 0.1) is 15.9 Å². The van der Waals surface area contributed by atoms with Crippen molar-refractivity contribution in [2.45, 2.75) is 10.9 Å². The Hall–Kier alpha value is -1.58. The van der Waals surface area contributed by atoms with Gasteiger partial charge in [0.1, 0.15) is 0 Å². The molecule has 1 aliphatic rings. The normalized spacial score (nSPS) is 16.3. The third-order valence-electron chi connectivity index (χ3n) is 2.53. The van der Waals surface area contributed by atoms with Gasteiger partial charge in [-0.3, -0.25) is 10.1 Å². The maximum absolute atomic E-state index is 13.3. The number of para-hydroxylation sites is 1. The highest BCUT2D eigenvalue weighted by Crippen LogP contribution is 2.26. The van der Waals surface area contributed by atoms with E-state index < -0.39 is 31.3 Å². The first-order valence-corrected chi connectivity index (χ1v) is 6.56. The van der Waals surface area contributed by atoms with Crippen molar-refractivity contribution >= 4 is 15.7 Å². The molecule has 0 amide bonds. The van der Waals surface area contributed by atoms with Crippen LogP contribution in [0.3, 0.4) is 0 Å². The average molecular weight is 275 g/mol. The molecule has 1 aliphatic heterocycles. The number of nitro benzene ring substituents is 1. The predicted molar refractivity (Wildman–Crippen MR) is 60.0 cm³/mol. The van der Waals surface area contributed by atoms with Gasteiger partial charge in [-0.2, -0.15) is 4.39 Å². The smallest absolute Gasteiger partial charge is 0.313 e. The summed E-state index contributed by atoms with van der Waals surface area (Å²) in [6, 6.07) is 2.66. The number of nitro groups is 1. The van der Waals surface area contributed by atoms with E-state index in [2.05, 4.69) is 10.0 Å². The third-order valence-corrected chi connectivity index (χ3v) is 4.08. The van der Waals surface area contributed by atoms with Crippen molar-refractivity contribution in [3.63, 3.8) is 0 Å². The lowest BCUT2D eigenvalue weighted by molar-refractivity contribution is -0.390. The van der Waals surface area contributed by atoms with Crippen LogP contribution in [0.25, 0.3) is 0 Å². The van der Waals surface area contributed by atoms with Gasteiger partial charge < -0.3 is 5.32 Å². The third kappa shape index (κ3) is 2.33. The fourth-order valence-electron chi connectivity index (χ4n) is 1.54. The van der Waals surface area contributed by atoms with Gasteiger partial charge in [0.15, 0.2) is 4.90 Å². The quantitative estimate of drug-likeness (QED) is 0.594. The van der Waals surface area contributed by atoms with E-state index in [0.29, 0.717) is 13.1 Å². The van der Waals surface area contributed by atoms with Gasteiger partial charge in [-0.25, -0.2) is 13.1 Å². The molecule has 0 bridgehead atoms. The van der Waals surface area contributed by atoms with Crippen molar-refractivity contribution in [1.29, 1.82) is 0 Å². The fourth-order valence-corrected chi connectivity index (χ4v) is 2.96. The summed E-state index contributed by atoms with van der Waals surface area (Å²) in [4.78, 5) is 9.03. The van der Waals surface area contributed by atoms with Crippen molar-refractivity contribution in [2.24, 2.45) is 0 Å². The Bertz CT molecular complexity index is 585. The molecule has 9 heteroatoms. The number of nitrogens with zero attached hydrogens (tertiary/aromatic N) is 1. The minimum Gasteiger partial charge on any atom is -0.313 e. The van der Waals surface area contributed by atoms with E-state index >= 15 is 0 Å². The zero-order valence-electron chi connectivity index (χ0n) is 9.09. The van der Waals surface area contributed by atoms with Gasteiger partial charge in [0, 0.05) is 19.1 Å². The van der Waals surface area contributed by atoms with Crippen molar-refractivity contribution in [1.82, 2.24) is 10.0 Å². The Balaban J connectivity index is 2.43. The van der Waals surface area contributed by atoms with Gasteiger partial charge in [0.05, 0.1) is 4.92 Å². The highest BCUT2D eigenvalue weighted by Gasteiger charge is 2.32. The minimum atomic E-state index is -4.09. The Morgan fingerprint density at radius 1 is 1.44 bits per heavy atom. The van der Waals surface area contributed by atoms with E-state index in [1.807, 2.05) is 0 Å². The summed E-state index contributed by atoms with van der Waals surface area (Å²) in [6.07, 6.45) is 0. The number of hydrogen-bond donors (Lipinski definition) is 2. The second-order valence-electron chi connectivity index (χ2n) is 3.82. The van der Waals surface area contributed by atoms with Gasteiger partial charge in [-0.15, -0.1) is 0 Å². The van der Waals surface area contributed by atoms with Crippen molar-refractivity contribution in [2.75, 3.05) is 13.1 Å². The van der Waals surface area contributed by atoms with Crippen LogP contribution in [-0.4, -0.2) is 32.5 Å². The number of hydrogen-bond acceptors (Lipinski definition) is 5. The molecule has 0 atom stereocenters. The van der Waals surface area contributed by atoms with Gasteiger partial charge in [-0.1, -0.05) is 6.07 Å². The second-order valence-corrected chi connectivity index (χ2v) is 5.50. The molecule has 2 rings (SSSR count). The van der Waals surface area contributed by atoms with Gasteiger partial charge in [0.2, 0.25) is 15.8 Å². The van der Waals surface area contributed by atoms with Crippen LogP contribution in [0.4, 0.5) is 10.1 Å². The molecule has 1 fully saturated rings. The van der Waals surface area contributed by atoms with Gasteiger partial charge in [-0.05, 0) is 12.1 Å². The van der Waals surface area contributed by atoms with E-state index in [1.165, 1.54) is 0 Å². The average Bonchev–Trinajstić information content (AvgIpc) is 2.23. The monoisotopic (exact) mass is 275 g/mol. The first-order valence-electron chi connectivity index (χ1n) is 5.08. The highest BCUT2D eigenvalue weighted by atomic mass is 32.2. The molecule has 0 aromatic heterocycles. The zero-order valence-corrected chi connectivity index (χ0v) is 9.91. The number of benzene rings is 1. The molecular weight excluding hydrogens is 265 g/mol. The lowest BCUT2D eigenvalue weighted by atomic mass is 10.2. The Kier molecular flexibility index (Phi) is 3.28. The van der Waals surface area contributed by atoms with E-state index in [1.54, 1.807) is 0 Å². The highest BCUT2D eigenvalue weighted by molar-refractivity contribution is 7.89. The lowest BCUT2D eigenvalue weighted by Gasteiger charge is -2.27. The number of sulfonamides is 1. The largest absolute Gasteiger partial charge is 0.324 e. The summed E-state index contributed by atoms with van der Waals surface area (Å²) in [6.45, 7) is 0.894. The summed E-state index contributed by atoms with van der Waals surface area (Å²) in [5.74, 6) is -1.17. The summed E-state index contributed by atoms with van der Waals surface area (Å²) in [7, 11) is -4.09. The number of halogens is 1. The summed E-state index contributed by atoms with van der Waals surface area (Å²) in [5, 5.41) is 13.6. The molecule has 1 heterocycles. The minimum absolute atomic E-state index is 0.321. The zero-order chi connectivity index (χ0) is 13.3. The van der Waals surface area contributed by atoms with Crippen LogP contribution in [0.5, 0.6) is 0 Å². The Labute approximate surface area is 102 Å². The molecule has 1 aromatic rings. The van der Waals surface area contributed by atoms with E-state index in [-0.39, 0.29) is 6.04 Å². The SMILES string of the molecule is O=[N+]([O-])c1c(F)cccc1S(=O)(=O)NC1CNC1. The van der Waals surface area contributed by atoms with Crippen LogP contribution in [0.15, 0.2) is 23.1 Å². The predicted octanol–water partition coefficient (Wildman–Crippen LogP) is -0.0160. The van der Waals surface area contributed by atoms with Crippen molar-refractivity contribution < 1.29 is 17.7 Å². The van der Waals surface area contributed by atoms with Crippen LogP contribution in [0.1, 0.15) is 0 Å². The Morgan fingerprint density at radius 2 is 2.11 bits per heavy atom.